The van der Waals surface area contributed by atoms with Crippen LogP contribution in [0.1, 0.15) is 18.4 Å². The van der Waals surface area contributed by atoms with Crippen molar-refractivity contribution in [1.29, 1.82) is 0 Å². The zero-order chi connectivity index (χ0) is 12.4. The van der Waals surface area contributed by atoms with E-state index < -0.39 is 10.8 Å². The molecule has 0 saturated carbocycles. The molecule has 0 amide bonds. The molecule has 1 N–H and O–H groups in total. The van der Waals surface area contributed by atoms with Crippen molar-refractivity contribution in [3.63, 3.8) is 0 Å². The Labute approximate surface area is 112 Å². The monoisotopic (exact) mass is 319 g/mol. The molecule has 17 heavy (non-hydrogen) atoms. The third-order valence-corrected chi connectivity index (χ3v) is 5.00. The Morgan fingerprint density at radius 3 is 2.71 bits per heavy atom. The maximum atomic E-state index is 13.4. The van der Waals surface area contributed by atoms with Gasteiger partial charge in [0.1, 0.15) is 5.82 Å². The Kier molecular flexibility index (Phi) is 4.20. The minimum Gasteiger partial charge on any atom is -0.382 e. The van der Waals surface area contributed by atoms with Gasteiger partial charge in [-0.15, -0.1) is 0 Å². The highest BCUT2D eigenvalue weighted by molar-refractivity contribution is 9.10. The molecule has 1 aromatic rings. The summed E-state index contributed by atoms with van der Waals surface area (Å²) in [6.45, 7) is 1.95. The standard InChI is InChI=1S/C12H15BrFNOS/c1-8-6-10(13)11(14)7-12(8)15-9-2-4-17(16)5-3-9/h6-7,9,15H,2-5H2,1H3. The van der Waals surface area contributed by atoms with Crippen LogP contribution in [0, 0.1) is 12.7 Å². The second-order valence-electron chi connectivity index (χ2n) is 4.35. The fourth-order valence-corrected chi connectivity index (χ4v) is 3.72. The van der Waals surface area contributed by atoms with Crippen LogP contribution in [0.2, 0.25) is 0 Å². The topological polar surface area (TPSA) is 29.1 Å². The first-order valence-electron chi connectivity index (χ1n) is 5.63. The first-order valence-corrected chi connectivity index (χ1v) is 7.91. The quantitative estimate of drug-likeness (QED) is 0.906. The lowest BCUT2D eigenvalue weighted by Crippen LogP contribution is -2.29. The van der Waals surface area contributed by atoms with Gasteiger partial charge >= 0.3 is 0 Å². The van der Waals surface area contributed by atoms with Gasteiger partial charge in [0.25, 0.3) is 0 Å². The Bertz CT molecular complexity index is 442. The molecule has 2 rings (SSSR count). The molecule has 0 spiro atoms. The van der Waals surface area contributed by atoms with Crippen LogP contribution in [-0.2, 0) is 10.8 Å². The smallest absolute Gasteiger partial charge is 0.139 e. The highest BCUT2D eigenvalue weighted by Gasteiger charge is 2.18. The molecule has 0 atom stereocenters. The van der Waals surface area contributed by atoms with Gasteiger partial charge in [-0.05, 0) is 53.4 Å². The summed E-state index contributed by atoms with van der Waals surface area (Å²) in [6, 6.07) is 3.61. The van der Waals surface area contributed by atoms with Crippen LogP contribution in [0.4, 0.5) is 10.1 Å². The lowest BCUT2D eigenvalue weighted by molar-refractivity contribution is 0.613. The Hall–Kier alpha value is -0.420. The predicted molar refractivity (Wildman–Crippen MR) is 73.4 cm³/mol. The van der Waals surface area contributed by atoms with E-state index in [4.69, 9.17) is 0 Å². The highest BCUT2D eigenvalue weighted by atomic mass is 79.9. The average Bonchev–Trinajstić information content (AvgIpc) is 2.29. The fourth-order valence-electron chi connectivity index (χ4n) is 1.96. The molecule has 1 aromatic carbocycles. The van der Waals surface area contributed by atoms with Gasteiger partial charge in [-0.25, -0.2) is 4.39 Å². The van der Waals surface area contributed by atoms with Crippen LogP contribution in [0.15, 0.2) is 16.6 Å². The molecule has 2 nitrogen and oxygen atoms in total. The molecule has 0 bridgehead atoms. The van der Waals surface area contributed by atoms with Crippen LogP contribution in [0.25, 0.3) is 0 Å². The van der Waals surface area contributed by atoms with Crippen molar-refractivity contribution in [3.8, 4) is 0 Å². The Morgan fingerprint density at radius 1 is 1.41 bits per heavy atom. The van der Waals surface area contributed by atoms with E-state index >= 15 is 0 Å². The van der Waals surface area contributed by atoms with Gasteiger partial charge in [0.15, 0.2) is 0 Å². The summed E-state index contributed by atoms with van der Waals surface area (Å²) in [4.78, 5) is 0. The summed E-state index contributed by atoms with van der Waals surface area (Å²) in [6.07, 6.45) is 1.79. The highest BCUT2D eigenvalue weighted by Crippen LogP contribution is 2.25. The van der Waals surface area contributed by atoms with E-state index in [1.165, 1.54) is 6.07 Å². The van der Waals surface area contributed by atoms with Gasteiger partial charge in [-0.3, -0.25) is 4.21 Å². The van der Waals surface area contributed by atoms with E-state index in [-0.39, 0.29) is 5.82 Å². The molecule has 0 unspecified atom stereocenters. The van der Waals surface area contributed by atoms with Crippen LogP contribution < -0.4 is 5.32 Å². The van der Waals surface area contributed by atoms with Crippen LogP contribution in [-0.4, -0.2) is 21.8 Å². The molecule has 1 saturated heterocycles. The summed E-state index contributed by atoms with van der Waals surface area (Å²) in [5.41, 5.74) is 1.85. The van der Waals surface area contributed by atoms with Crippen molar-refractivity contribution in [2.75, 3.05) is 16.8 Å². The predicted octanol–water partition coefficient (Wildman–Crippen LogP) is 3.22. The molecular weight excluding hydrogens is 305 g/mol. The van der Waals surface area contributed by atoms with Crippen molar-refractivity contribution in [3.05, 3.63) is 28.0 Å². The lowest BCUT2D eigenvalue weighted by atomic mass is 10.1. The second-order valence-corrected chi connectivity index (χ2v) is 6.90. The normalized spacial score (nSPS) is 24.6. The van der Waals surface area contributed by atoms with Gasteiger partial charge < -0.3 is 5.32 Å². The van der Waals surface area contributed by atoms with E-state index in [9.17, 15) is 8.60 Å². The number of hydrogen-bond donors (Lipinski definition) is 1. The zero-order valence-electron chi connectivity index (χ0n) is 9.63. The number of aryl methyl sites for hydroxylation is 1. The number of hydrogen-bond acceptors (Lipinski definition) is 2. The van der Waals surface area contributed by atoms with Gasteiger partial charge in [-0.1, -0.05) is 0 Å². The first-order chi connectivity index (χ1) is 8.06. The number of rotatable bonds is 2. The van der Waals surface area contributed by atoms with Crippen LogP contribution >= 0.6 is 15.9 Å². The number of anilines is 1. The molecular formula is C12H15BrFNOS. The van der Waals surface area contributed by atoms with Crippen molar-refractivity contribution in [1.82, 2.24) is 0 Å². The summed E-state index contributed by atoms with van der Waals surface area (Å²) < 4.78 is 25.2. The summed E-state index contributed by atoms with van der Waals surface area (Å²) in [7, 11) is -0.654. The van der Waals surface area contributed by atoms with Crippen molar-refractivity contribution in [2.45, 2.75) is 25.8 Å². The molecule has 0 aromatic heterocycles. The molecule has 0 aliphatic carbocycles. The molecule has 0 radical (unpaired) electrons. The summed E-state index contributed by atoms with van der Waals surface area (Å²) in [5, 5.41) is 3.34. The molecule has 1 heterocycles. The van der Waals surface area contributed by atoms with Gasteiger partial charge in [0, 0.05) is 34.0 Å². The SMILES string of the molecule is Cc1cc(Br)c(F)cc1NC1CCS(=O)CC1. The van der Waals surface area contributed by atoms with Crippen LogP contribution in [0.5, 0.6) is 0 Å². The number of halogens is 2. The molecule has 94 valence electrons. The number of benzene rings is 1. The van der Waals surface area contributed by atoms with E-state index in [1.54, 1.807) is 6.07 Å². The fraction of sp³-hybridized carbons (Fsp3) is 0.500. The van der Waals surface area contributed by atoms with Crippen molar-refractivity contribution >= 4 is 32.4 Å². The summed E-state index contributed by atoms with van der Waals surface area (Å²) >= 11 is 3.17. The van der Waals surface area contributed by atoms with Crippen molar-refractivity contribution in [2.24, 2.45) is 0 Å². The third-order valence-electron chi connectivity index (χ3n) is 3.01. The maximum absolute atomic E-state index is 13.4. The largest absolute Gasteiger partial charge is 0.382 e. The lowest BCUT2D eigenvalue weighted by Gasteiger charge is -2.24. The van der Waals surface area contributed by atoms with Gasteiger partial charge in [0.2, 0.25) is 0 Å². The minimum absolute atomic E-state index is 0.252. The van der Waals surface area contributed by atoms with E-state index in [1.807, 2.05) is 6.92 Å². The van der Waals surface area contributed by atoms with E-state index in [0.29, 0.717) is 10.5 Å². The van der Waals surface area contributed by atoms with Gasteiger partial charge in [-0.2, -0.15) is 0 Å². The van der Waals surface area contributed by atoms with Gasteiger partial charge in [0.05, 0.1) is 4.47 Å². The van der Waals surface area contributed by atoms with E-state index in [2.05, 4.69) is 21.2 Å². The maximum Gasteiger partial charge on any atom is 0.139 e. The summed E-state index contributed by atoms with van der Waals surface area (Å²) in [5.74, 6) is 1.24. The first kappa shape index (κ1) is 13.0. The third kappa shape index (κ3) is 3.28. The van der Waals surface area contributed by atoms with Crippen LogP contribution in [0.3, 0.4) is 0 Å². The Balaban J connectivity index is 2.08. The molecule has 1 aliphatic rings. The molecule has 5 heteroatoms. The molecule has 1 aliphatic heterocycles. The number of nitrogens with one attached hydrogen (secondary N) is 1. The minimum atomic E-state index is -0.654. The molecule has 1 fully saturated rings. The average molecular weight is 320 g/mol. The van der Waals surface area contributed by atoms with Crippen molar-refractivity contribution < 1.29 is 8.60 Å². The second kappa shape index (κ2) is 5.48. The van der Waals surface area contributed by atoms with E-state index in [0.717, 1.165) is 35.6 Å². The Morgan fingerprint density at radius 2 is 2.06 bits per heavy atom. The zero-order valence-corrected chi connectivity index (χ0v) is 12.0.